The molecule has 0 spiro atoms. The Morgan fingerprint density at radius 3 is 2.27 bits per heavy atom. The number of pyridine rings is 1. The molecule has 11 heteroatoms. The third-order valence-corrected chi connectivity index (χ3v) is 5.75. The van der Waals surface area contributed by atoms with Gasteiger partial charge in [-0.1, -0.05) is 12.1 Å². The first-order valence-corrected chi connectivity index (χ1v) is 10.8. The summed E-state index contributed by atoms with van der Waals surface area (Å²) in [5.41, 5.74) is 2.62. The summed E-state index contributed by atoms with van der Waals surface area (Å²) in [4.78, 5) is 23.1. The number of nitrogens with zero attached hydrogens (tertiary/aromatic N) is 3. The molecular weight excluding hydrogens is 448 g/mol. The van der Waals surface area contributed by atoms with E-state index in [1.165, 1.54) is 22.4 Å². The van der Waals surface area contributed by atoms with Crippen molar-refractivity contribution in [3.63, 3.8) is 0 Å². The van der Waals surface area contributed by atoms with Crippen molar-refractivity contribution < 1.29 is 28.2 Å². The van der Waals surface area contributed by atoms with Gasteiger partial charge in [0.15, 0.2) is 0 Å². The van der Waals surface area contributed by atoms with E-state index in [4.69, 9.17) is 15.5 Å². The van der Waals surface area contributed by atoms with Crippen LogP contribution in [0, 0.1) is 11.3 Å². The van der Waals surface area contributed by atoms with Gasteiger partial charge in [-0.3, -0.25) is 4.98 Å². The van der Waals surface area contributed by atoms with Crippen LogP contribution < -0.4 is 5.32 Å². The zero-order valence-electron chi connectivity index (χ0n) is 17.4. The van der Waals surface area contributed by atoms with Crippen molar-refractivity contribution in [2.24, 2.45) is 0 Å². The van der Waals surface area contributed by atoms with E-state index < -0.39 is 22.0 Å². The van der Waals surface area contributed by atoms with Crippen LogP contribution in [0.4, 0.5) is 0 Å². The monoisotopic (exact) mass is 468 g/mol. The number of hydrogen-bond acceptors (Lipinski definition) is 7. The molecule has 0 saturated carbocycles. The van der Waals surface area contributed by atoms with Crippen molar-refractivity contribution in [3.8, 4) is 17.3 Å². The summed E-state index contributed by atoms with van der Waals surface area (Å²) in [6.45, 7) is 0.541. The third-order valence-electron chi connectivity index (χ3n) is 4.09. The molecule has 33 heavy (non-hydrogen) atoms. The molecule has 170 valence electrons. The Morgan fingerprint density at radius 2 is 1.79 bits per heavy atom. The van der Waals surface area contributed by atoms with Crippen LogP contribution >= 0.6 is 0 Å². The molecule has 10 nitrogen and oxygen atoms in total. The fraction of sp³-hybridized carbons (Fsp3) is 0.0909. The van der Waals surface area contributed by atoms with Crippen LogP contribution in [-0.2, 0) is 26.2 Å². The van der Waals surface area contributed by atoms with Crippen LogP contribution in [-0.4, -0.2) is 46.6 Å². The Morgan fingerprint density at radius 1 is 1.15 bits per heavy atom. The fourth-order valence-electron chi connectivity index (χ4n) is 2.68. The maximum Gasteiger partial charge on any atom is 0.328 e. The lowest BCUT2D eigenvalue weighted by molar-refractivity contribution is -0.134. The van der Waals surface area contributed by atoms with Crippen LogP contribution in [0.3, 0.4) is 0 Å². The molecule has 0 aliphatic heterocycles. The highest BCUT2D eigenvalue weighted by atomic mass is 32.2. The molecule has 0 amide bonds. The molecule has 3 rings (SSSR count). The number of aliphatic carboxylic acids is 2. The van der Waals surface area contributed by atoms with E-state index >= 15 is 0 Å². The molecule has 2 aromatic heterocycles. The van der Waals surface area contributed by atoms with Gasteiger partial charge in [0.05, 0.1) is 17.3 Å². The van der Waals surface area contributed by atoms with Crippen molar-refractivity contribution in [1.82, 2.24) is 14.3 Å². The molecule has 3 aromatic rings. The lowest BCUT2D eigenvalue weighted by atomic mass is 10.1. The molecular formula is C22H20N4O6S. The van der Waals surface area contributed by atoms with Gasteiger partial charge in [-0.15, -0.1) is 0 Å². The number of rotatable bonds is 7. The van der Waals surface area contributed by atoms with Gasteiger partial charge in [0.2, 0.25) is 0 Å². The van der Waals surface area contributed by atoms with Crippen LogP contribution in [0.1, 0.15) is 11.1 Å². The van der Waals surface area contributed by atoms with E-state index in [2.05, 4.69) is 16.4 Å². The largest absolute Gasteiger partial charge is 0.478 e. The van der Waals surface area contributed by atoms with Gasteiger partial charge in [-0.05, 0) is 48.5 Å². The van der Waals surface area contributed by atoms with Gasteiger partial charge >= 0.3 is 11.9 Å². The Hall–Kier alpha value is -4.27. The van der Waals surface area contributed by atoms with Crippen molar-refractivity contribution in [2.75, 3.05) is 7.05 Å². The fourth-order valence-corrected chi connectivity index (χ4v) is 4.04. The molecule has 2 heterocycles. The Labute approximate surface area is 190 Å². The average Bonchev–Trinajstić information content (AvgIpc) is 3.24. The first kappa shape index (κ1) is 25.0. The highest BCUT2D eigenvalue weighted by Gasteiger charge is 2.22. The zero-order chi connectivity index (χ0) is 24.4. The van der Waals surface area contributed by atoms with Crippen molar-refractivity contribution in [3.05, 3.63) is 84.3 Å². The van der Waals surface area contributed by atoms with E-state index in [-0.39, 0.29) is 4.90 Å². The van der Waals surface area contributed by atoms with E-state index in [1.807, 2.05) is 6.07 Å². The number of nitriles is 1. The second kappa shape index (κ2) is 11.4. The molecule has 3 N–H and O–H groups in total. The number of benzene rings is 1. The Kier molecular flexibility index (Phi) is 8.62. The predicted octanol–water partition coefficient (Wildman–Crippen LogP) is 2.09. The van der Waals surface area contributed by atoms with E-state index in [1.54, 1.807) is 43.6 Å². The lowest BCUT2D eigenvalue weighted by Gasteiger charge is -2.10. The predicted molar refractivity (Wildman–Crippen MR) is 119 cm³/mol. The van der Waals surface area contributed by atoms with Crippen molar-refractivity contribution >= 4 is 22.0 Å². The van der Waals surface area contributed by atoms with E-state index in [9.17, 15) is 18.0 Å². The summed E-state index contributed by atoms with van der Waals surface area (Å²) in [7, 11) is -1.97. The minimum absolute atomic E-state index is 0.122. The molecule has 0 aliphatic carbocycles. The molecule has 0 aliphatic rings. The average molecular weight is 468 g/mol. The number of carbonyl (C=O) groups is 2. The summed E-state index contributed by atoms with van der Waals surface area (Å²) in [6.07, 6.45) is 5.58. The van der Waals surface area contributed by atoms with Gasteiger partial charge < -0.3 is 15.5 Å². The van der Waals surface area contributed by atoms with E-state index in [0.29, 0.717) is 35.5 Å². The van der Waals surface area contributed by atoms with Crippen molar-refractivity contribution in [1.29, 1.82) is 5.26 Å². The van der Waals surface area contributed by atoms with Crippen LogP contribution in [0.25, 0.3) is 11.3 Å². The number of aromatic nitrogens is 2. The second-order valence-corrected chi connectivity index (χ2v) is 8.27. The molecule has 1 aromatic carbocycles. The molecule has 0 bridgehead atoms. The molecule has 0 fully saturated rings. The van der Waals surface area contributed by atoms with Crippen LogP contribution in [0.5, 0.6) is 0 Å². The number of nitrogens with one attached hydrogen (secondary N) is 1. The maximum absolute atomic E-state index is 13.0. The maximum atomic E-state index is 13.0. The quantitative estimate of drug-likeness (QED) is 0.441. The normalized spacial score (nSPS) is 10.8. The first-order valence-electron chi connectivity index (χ1n) is 9.35. The van der Waals surface area contributed by atoms with Gasteiger partial charge in [0.1, 0.15) is 4.90 Å². The third kappa shape index (κ3) is 6.86. The topological polar surface area (TPSA) is 162 Å². The highest BCUT2D eigenvalue weighted by Crippen LogP contribution is 2.27. The number of carboxylic acids is 2. The van der Waals surface area contributed by atoms with Gasteiger partial charge in [0.25, 0.3) is 10.0 Å². The summed E-state index contributed by atoms with van der Waals surface area (Å²) in [5.74, 6) is -2.51. The van der Waals surface area contributed by atoms with E-state index in [0.717, 1.165) is 5.56 Å². The Balaban J connectivity index is 0.000000414. The first-order chi connectivity index (χ1) is 15.7. The minimum Gasteiger partial charge on any atom is -0.478 e. The highest BCUT2D eigenvalue weighted by molar-refractivity contribution is 7.90. The molecule has 0 radical (unpaired) electrons. The standard InChI is InChI=1S/C18H16N4O2S.C4H4O4/c1-20-11-15-9-18(16-6-4-14(10-19)5-7-16)22(13-15)25(23,24)17-3-2-8-21-12-17;5-3(6)1-2-4(7)8/h2-9,12-13,20H,11H2,1H3;1-2H,(H,5,6)(H,7,8). The van der Waals surface area contributed by atoms with Crippen molar-refractivity contribution in [2.45, 2.75) is 11.4 Å². The molecule has 0 atom stereocenters. The second-order valence-electron chi connectivity index (χ2n) is 6.45. The van der Waals surface area contributed by atoms with Gasteiger partial charge in [-0.2, -0.15) is 5.26 Å². The van der Waals surface area contributed by atoms with Crippen LogP contribution in [0.2, 0.25) is 0 Å². The summed E-state index contributed by atoms with van der Waals surface area (Å²) >= 11 is 0. The zero-order valence-corrected chi connectivity index (χ0v) is 18.2. The van der Waals surface area contributed by atoms with Crippen LogP contribution in [0.15, 0.2) is 78.1 Å². The minimum atomic E-state index is -3.77. The number of carboxylic acid groups (broad SMARTS) is 2. The molecule has 0 saturated heterocycles. The van der Waals surface area contributed by atoms with Gasteiger partial charge in [0, 0.05) is 37.3 Å². The number of hydrogen-bond donors (Lipinski definition) is 3. The smallest absolute Gasteiger partial charge is 0.328 e. The SMILES string of the molecule is CNCc1cc(-c2ccc(C#N)cc2)n(S(=O)(=O)c2cccnc2)c1.O=C(O)C=CC(=O)O. The summed E-state index contributed by atoms with van der Waals surface area (Å²) < 4.78 is 27.3. The summed E-state index contributed by atoms with van der Waals surface area (Å²) in [6, 6.07) is 13.8. The molecule has 0 unspecified atom stereocenters. The summed E-state index contributed by atoms with van der Waals surface area (Å²) in [5, 5.41) is 27.6. The lowest BCUT2D eigenvalue weighted by Crippen LogP contribution is -2.13. The Bertz CT molecular complexity index is 1270. The van der Waals surface area contributed by atoms with Gasteiger partial charge in [-0.25, -0.2) is 22.0 Å².